The minimum atomic E-state index is -3.52. The fraction of sp³-hybridized carbons (Fsp3) is 0.444. The molecule has 3 nitrogen and oxygen atoms in total. The Bertz CT molecular complexity index is 689. The molecule has 0 bridgehead atoms. The first-order chi connectivity index (χ1) is 10.4. The van der Waals surface area contributed by atoms with Crippen molar-refractivity contribution in [3.05, 3.63) is 42.5 Å². The van der Waals surface area contributed by atoms with Gasteiger partial charge in [-0.2, -0.15) is 4.31 Å². The lowest BCUT2D eigenvalue weighted by Gasteiger charge is -2.23. The smallest absolute Gasteiger partial charge is 0.207 e. The van der Waals surface area contributed by atoms with Gasteiger partial charge < -0.3 is 0 Å². The van der Waals surface area contributed by atoms with Gasteiger partial charge in [0.05, 0.1) is 11.4 Å². The van der Waals surface area contributed by atoms with Crippen molar-refractivity contribution in [1.29, 1.82) is 0 Å². The Morgan fingerprint density at radius 1 is 1.27 bits per heavy atom. The van der Waals surface area contributed by atoms with Gasteiger partial charge >= 0.3 is 0 Å². The summed E-state index contributed by atoms with van der Waals surface area (Å²) in [5.41, 5.74) is 0.979. The van der Waals surface area contributed by atoms with E-state index >= 15 is 0 Å². The molecule has 2 rings (SSSR count). The van der Waals surface area contributed by atoms with Crippen LogP contribution in [-0.2, 0) is 10.0 Å². The number of sulfonamides is 1. The molecule has 1 aromatic carbocycles. The van der Waals surface area contributed by atoms with Crippen molar-refractivity contribution in [2.75, 3.05) is 13.1 Å². The van der Waals surface area contributed by atoms with Crippen LogP contribution in [-0.4, -0.2) is 25.8 Å². The second-order valence-corrected chi connectivity index (χ2v) is 7.80. The maximum Gasteiger partial charge on any atom is 0.243 e. The van der Waals surface area contributed by atoms with Crippen molar-refractivity contribution in [2.45, 2.75) is 38.0 Å². The van der Waals surface area contributed by atoms with Crippen LogP contribution in [0.4, 0.5) is 0 Å². The molecule has 0 atom stereocenters. The molecule has 0 radical (unpaired) electrons. The molecule has 0 spiro atoms. The summed E-state index contributed by atoms with van der Waals surface area (Å²) in [6.45, 7) is 8.45. The maximum absolute atomic E-state index is 12.9. The molecule has 0 saturated heterocycles. The highest BCUT2D eigenvalue weighted by Crippen LogP contribution is 2.47. The predicted molar refractivity (Wildman–Crippen MR) is 89.9 cm³/mol. The van der Waals surface area contributed by atoms with E-state index < -0.39 is 10.0 Å². The zero-order valence-electron chi connectivity index (χ0n) is 13.3. The van der Waals surface area contributed by atoms with Gasteiger partial charge in [-0.05, 0) is 31.9 Å². The van der Waals surface area contributed by atoms with Crippen molar-refractivity contribution in [2.24, 2.45) is 5.41 Å². The summed E-state index contributed by atoms with van der Waals surface area (Å²) in [6.07, 6.45) is 4.61. The predicted octanol–water partition coefficient (Wildman–Crippen LogP) is 3.37. The zero-order chi connectivity index (χ0) is 16.2. The van der Waals surface area contributed by atoms with Crippen LogP contribution in [0.2, 0.25) is 0 Å². The Kier molecular flexibility index (Phi) is 5.10. The summed E-state index contributed by atoms with van der Waals surface area (Å²) in [4.78, 5) is 0.330. The lowest BCUT2D eigenvalue weighted by atomic mass is 10.1. The van der Waals surface area contributed by atoms with E-state index in [1.807, 2.05) is 32.1 Å². The van der Waals surface area contributed by atoms with Crippen LogP contribution in [0.25, 0.3) is 0 Å². The summed E-state index contributed by atoms with van der Waals surface area (Å²) in [5, 5.41) is 0. The van der Waals surface area contributed by atoms with Gasteiger partial charge in [0.1, 0.15) is 0 Å². The van der Waals surface area contributed by atoms with Gasteiger partial charge in [0, 0.05) is 18.4 Å². The Morgan fingerprint density at radius 2 is 1.91 bits per heavy atom. The molecule has 22 heavy (non-hydrogen) atoms. The Morgan fingerprint density at radius 3 is 2.41 bits per heavy atom. The molecule has 0 N–H and O–H groups in total. The molecule has 1 aliphatic carbocycles. The van der Waals surface area contributed by atoms with Gasteiger partial charge in [-0.3, -0.25) is 0 Å². The van der Waals surface area contributed by atoms with Crippen LogP contribution >= 0.6 is 0 Å². The van der Waals surface area contributed by atoms with Gasteiger partial charge in [0.25, 0.3) is 0 Å². The average molecular weight is 317 g/mol. The number of nitrogens with zero attached hydrogens (tertiary/aromatic N) is 1. The molecule has 0 aliphatic heterocycles. The fourth-order valence-corrected chi connectivity index (χ4v) is 3.73. The normalized spacial score (nSPS) is 16.0. The van der Waals surface area contributed by atoms with Gasteiger partial charge in [0.15, 0.2) is 0 Å². The van der Waals surface area contributed by atoms with Crippen LogP contribution in [0.1, 0.15) is 31.7 Å². The maximum atomic E-state index is 12.9. The highest BCUT2D eigenvalue weighted by Gasteiger charge is 2.43. The number of benzene rings is 1. The highest BCUT2D eigenvalue weighted by molar-refractivity contribution is 7.89. The highest BCUT2D eigenvalue weighted by atomic mass is 32.2. The van der Waals surface area contributed by atoms with Crippen LogP contribution in [0.5, 0.6) is 0 Å². The monoisotopic (exact) mass is 317 g/mol. The van der Waals surface area contributed by atoms with Gasteiger partial charge in [-0.15, -0.1) is 12.5 Å². The number of hydrogen-bond donors (Lipinski definition) is 0. The standard InChI is InChI=1S/C18H23NO2S/c1-4-6-7-14-19(15-18(5-2)12-13-18)22(20,21)17-10-8-16(3)9-11-17/h5,8-11H,2,4,12-15H2,1,3H3. The van der Waals surface area contributed by atoms with Crippen molar-refractivity contribution < 1.29 is 8.42 Å². The van der Waals surface area contributed by atoms with E-state index in [0.29, 0.717) is 11.4 Å². The third-order valence-corrected chi connectivity index (χ3v) is 5.84. The van der Waals surface area contributed by atoms with Gasteiger partial charge in [-0.25, -0.2) is 8.42 Å². The molecule has 0 unspecified atom stereocenters. The second kappa shape index (κ2) is 6.68. The first-order valence-corrected chi connectivity index (χ1v) is 9.04. The van der Waals surface area contributed by atoms with E-state index in [0.717, 1.165) is 24.8 Å². The van der Waals surface area contributed by atoms with Gasteiger partial charge in [-0.1, -0.05) is 36.6 Å². The van der Waals surface area contributed by atoms with Crippen LogP contribution in [0, 0.1) is 24.2 Å². The topological polar surface area (TPSA) is 37.4 Å². The molecule has 1 saturated carbocycles. The molecular weight excluding hydrogens is 294 g/mol. The molecule has 0 amide bonds. The third-order valence-electron chi connectivity index (χ3n) is 4.03. The number of aryl methyl sites for hydroxylation is 1. The van der Waals surface area contributed by atoms with Crippen molar-refractivity contribution in [1.82, 2.24) is 4.31 Å². The van der Waals surface area contributed by atoms with Crippen LogP contribution < -0.4 is 0 Å². The van der Waals surface area contributed by atoms with Crippen LogP contribution in [0.3, 0.4) is 0 Å². The summed E-state index contributed by atoms with van der Waals surface area (Å²) >= 11 is 0. The van der Waals surface area contributed by atoms with E-state index in [2.05, 4.69) is 18.4 Å². The van der Waals surface area contributed by atoms with Crippen molar-refractivity contribution in [3.8, 4) is 11.8 Å². The third kappa shape index (κ3) is 3.79. The average Bonchev–Trinajstić information content (AvgIpc) is 3.27. The zero-order valence-corrected chi connectivity index (χ0v) is 14.1. The molecule has 0 aromatic heterocycles. The number of rotatable bonds is 6. The lowest BCUT2D eigenvalue weighted by molar-refractivity contribution is 0.392. The Balaban J connectivity index is 2.29. The first-order valence-electron chi connectivity index (χ1n) is 7.60. The van der Waals surface area contributed by atoms with E-state index in [-0.39, 0.29) is 12.0 Å². The van der Waals surface area contributed by atoms with E-state index in [9.17, 15) is 8.42 Å². The minimum absolute atomic E-state index is 0.0638. The molecule has 1 aromatic rings. The summed E-state index contributed by atoms with van der Waals surface area (Å²) < 4.78 is 27.3. The Hall–Kier alpha value is -1.57. The molecule has 4 heteroatoms. The first kappa shape index (κ1) is 16.8. The van der Waals surface area contributed by atoms with Crippen molar-refractivity contribution >= 4 is 10.0 Å². The van der Waals surface area contributed by atoms with E-state index in [1.165, 1.54) is 4.31 Å². The lowest BCUT2D eigenvalue weighted by Crippen LogP contribution is -2.36. The van der Waals surface area contributed by atoms with Gasteiger partial charge in [0.2, 0.25) is 10.0 Å². The van der Waals surface area contributed by atoms with E-state index in [4.69, 9.17) is 0 Å². The quantitative estimate of drug-likeness (QED) is 0.596. The fourth-order valence-electron chi connectivity index (χ4n) is 2.29. The van der Waals surface area contributed by atoms with E-state index in [1.54, 1.807) is 12.1 Å². The molecule has 0 heterocycles. The summed E-state index contributed by atoms with van der Waals surface area (Å²) in [7, 11) is -3.52. The molecular formula is C18H23NO2S. The summed E-state index contributed by atoms with van der Waals surface area (Å²) in [6, 6.07) is 6.98. The SMILES string of the molecule is C=CC1(CN(CC#CCC)S(=O)(=O)c2ccc(C)cc2)CC1. The Labute approximate surface area is 134 Å². The van der Waals surface area contributed by atoms with Crippen LogP contribution in [0.15, 0.2) is 41.8 Å². The minimum Gasteiger partial charge on any atom is -0.207 e. The van der Waals surface area contributed by atoms with Crippen molar-refractivity contribution in [3.63, 3.8) is 0 Å². The molecule has 118 valence electrons. The summed E-state index contributed by atoms with van der Waals surface area (Å²) in [5.74, 6) is 5.91. The second-order valence-electron chi connectivity index (χ2n) is 5.86. The molecule has 1 aliphatic rings. The number of hydrogen-bond acceptors (Lipinski definition) is 2. The molecule has 1 fully saturated rings. The largest absolute Gasteiger partial charge is 0.243 e.